The number of nitrogens with one attached hydrogen (secondary N) is 2. The number of rotatable bonds is 5. The number of ether oxygens (including phenoxy) is 1. The molecule has 0 bridgehead atoms. The van der Waals surface area contributed by atoms with E-state index in [4.69, 9.17) is 0 Å². The number of aromatic nitrogens is 3. The van der Waals surface area contributed by atoms with Crippen LogP contribution in [0.4, 0.5) is 19.0 Å². The van der Waals surface area contributed by atoms with Crippen LogP contribution in [0.5, 0.6) is 5.75 Å². The van der Waals surface area contributed by atoms with E-state index < -0.39 is 6.36 Å². The Morgan fingerprint density at radius 1 is 1.28 bits per heavy atom. The Labute approximate surface area is 180 Å². The van der Waals surface area contributed by atoms with Gasteiger partial charge in [0, 0.05) is 40.9 Å². The summed E-state index contributed by atoms with van der Waals surface area (Å²) in [5.74, 6) is 0.115. The van der Waals surface area contributed by atoms with Crippen molar-refractivity contribution in [2.24, 2.45) is 0 Å². The van der Waals surface area contributed by atoms with E-state index in [-0.39, 0.29) is 11.7 Å². The van der Waals surface area contributed by atoms with Crippen LogP contribution in [0, 0.1) is 0 Å². The molecule has 1 amide bonds. The number of carbonyl (C=O) groups is 1. The maximum atomic E-state index is 12.7. The van der Waals surface area contributed by atoms with E-state index in [1.807, 2.05) is 0 Å². The number of hydrogen-bond acceptors (Lipinski definition) is 5. The van der Waals surface area contributed by atoms with Gasteiger partial charge in [0.05, 0.1) is 11.9 Å². The van der Waals surface area contributed by atoms with Gasteiger partial charge in [-0.05, 0) is 31.1 Å². The number of allylic oxidation sites excluding steroid dienone is 1. The summed E-state index contributed by atoms with van der Waals surface area (Å²) in [6, 6.07) is 7.71. The number of nitrogens with zero attached hydrogens (tertiary/aromatic N) is 3. The molecule has 10 heteroatoms. The fourth-order valence-corrected chi connectivity index (χ4v) is 3.52. The van der Waals surface area contributed by atoms with Crippen molar-refractivity contribution in [1.29, 1.82) is 0 Å². The number of fused-ring (bicyclic) bond motifs is 1. The monoisotopic (exact) mass is 441 g/mol. The largest absolute Gasteiger partial charge is 0.573 e. The molecule has 2 aromatic heterocycles. The van der Waals surface area contributed by atoms with Gasteiger partial charge in [-0.15, -0.1) is 13.2 Å². The Bertz CT molecular complexity index is 1270. The molecule has 32 heavy (non-hydrogen) atoms. The van der Waals surface area contributed by atoms with Gasteiger partial charge in [-0.1, -0.05) is 18.7 Å². The first-order valence-corrected chi connectivity index (χ1v) is 9.96. The molecule has 1 aliphatic heterocycles. The first kappa shape index (κ1) is 20.1. The fourth-order valence-electron chi connectivity index (χ4n) is 3.52. The molecule has 1 aliphatic carbocycles. The van der Waals surface area contributed by atoms with Crippen LogP contribution in [-0.4, -0.2) is 32.9 Å². The molecule has 0 atom stereocenters. The number of alkyl halides is 3. The zero-order chi connectivity index (χ0) is 22.5. The van der Waals surface area contributed by atoms with Gasteiger partial charge in [-0.3, -0.25) is 4.79 Å². The van der Waals surface area contributed by atoms with Gasteiger partial charge >= 0.3 is 6.36 Å². The Kier molecular flexibility index (Phi) is 4.65. The van der Waals surface area contributed by atoms with Gasteiger partial charge in [0.1, 0.15) is 11.6 Å². The zero-order valence-electron chi connectivity index (χ0n) is 16.7. The number of amides is 1. The van der Waals surface area contributed by atoms with E-state index >= 15 is 0 Å². The Balaban J connectivity index is 1.60. The predicted octanol–water partition coefficient (Wildman–Crippen LogP) is 4.29. The molecular weight excluding hydrogens is 423 g/mol. The summed E-state index contributed by atoms with van der Waals surface area (Å²) in [4.78, 5) is 16.7. The van der Waals surface area contributed by atoms with E-state index in [1.54, 1.807) is 28.9 Å². The van der Waals surface area contributed by atoms with Crippen molar-refractivity contribution in [3.8, 4) is 17.0 Å². The first-order valence-electron chi connectivity index (χ1n) is 9.96. The smallest absolute Gasteiger partial charge is 0.406 e. The highest BCUT2D eigenvalue weighted by Crippen LogP contribution is 2.32. The number of halogens is 3. The van der Waals surface area contributed by atoms with Gasteiger partial charge in [0.15, 0.2) is 5.65 Å². The molecule has 1 aromatic carbocycles. The molecule has 5 rings (SSSR count). The van der Waals surface area contributed by atoms with E-state index in [0.717, 1.165) is 12.8 Å². The number of carbonyl (C=O) groups excluding carboxylic acids is 1. The molecule has 0 spiro atoms. The lowest BCUT2D eigenvalue weighted by molar-refractivity contribution is -0.274. The van der Waals surface area contributed by atoms with E-state index in [0.29, 0.717) is 52.0 Å². The Hall–Kier alpha value is -3.82. The molecule has 1 saturated carbocycles. The van der Waals surface area contributed by atoms with Crippen LogP contribution in [0.1, 0.15) is 24.8 Å². The van der Waals surface area contributed by atoms with E-state index in [2.05, 4.69) is 32.0 Å². The van der Waals surface area contributed by atoms with Crippen LogP contribution < -0.4 is 15.4 Å². The average Bonchev–Trinajstić information content (AvgIpc) is 3.35. The van der Waals surface area contributed by atoms with Gasteiger partial charge in [-0.2, -0.15) is 9.61 Å². The topological polar surface area (TPSA) is 80.6 Å². The summed E-state index contributed by atoms with van der Waals surface area (Å²) in [5, 5.41) is 10.5. The Morgan fingerprint density at radius 3 is 2.78 bits per heavy atom. The number of anilines is 1. The van der Waals surface area contributed by atoms with Crippen LogP contribution in [0.15, 0.2) is 54.4 Å². The normalized spacial score (nSPS) is 17.8. The molecule has 2 fully saturated rings. The molecule has 2 N–H and O–H groups in total. The molecule has 0 radical (unpaired) electrons. The minimum Gasteiger partial charge on any atom is -0.406 e. The second-order valence-corrected chi connectivity index (χ2v) is 7.76. The molecule has 0 unspecified atom stereocenters. The maximum Gasteiger partial charge on any atom is 0.573 e. The van der Waals surface area contributed by atoms with Crippen molar-refractivity contribution < 1.29 is 22.7 Å². The van der Waals surface area contributed by atoms with Crippen LogP contribution in [0.25, 0.3) is 23.0 Å². The van der Waals surface area contributed by atoms with Gasteiger partial charge in [0.2, 0.25) is 0 Å². The second-order valence-electron chi connectivity index (χ2n) is 7.76. The van der Waals surface area contributed by atoms with Crippen LogP contribution in [0.3, 0.4) is 0 Å². The van der Waals surface area contributed by atoms with Crippen molar-refractivity contribution in [2.45, 2.75) is 31.7 Å². The third kappa shape index (κ3) is 4.16. The molecule has 3 heterocycles. The lowest BCUT2D eigenvalue weighted by Gasteiger charge is -2.12. The highest BCUT2D eigenvalue weighted by molar-refractivity contribution is 6.02. The molecule has 7 nitrogen and oxygen atoms in total. The highest BCUT2D eigenvalue weighted by Gasteiger charge is 2.31. The molecule has 2 aliphatic rings. The third-order valence-corrected chi connectivity index (χ3v) is 5.11. The van der Waals surface area contributed by atoms with Crippen LogP contribution in [0.2, 0.25) is 0 Å². The maximum absolute atomic E-state index is 12.7. The average molecular weight is 441 g/mol. The SMILES string of the molecule is C=C1C/C(=C\c2cnn3c(NC4CC4)cc(-c4cccc(OC(F)(F)F)c4)nc23)C(=O)N1. The van der Waals surface area contributed by atoms with Gasteiger partial charge in [-0.25, -0.2) is 4.98 Å². The third-order valence-electron chi connectivity index (χ3n) is 5.11. The molecular formula is C22H18F3N5O2. The van der Waals surface area contributed by atoms with Crippen LogP contribution >= 0.6 is 0 Å². The summed E-state index contributed by atoms with van der Waals surface area (Å²) in [7, 11) is 0. The summed E-state index contributed by atoms with van der Waals surface area (Å²) in [6.07, 6.45) is 0.972. The number of hydrogen-bond donors (Lipinski definition) is 2. The van der Waals surface area contributed by atoms with E-state index in [1.165, 1.54) is 18.2 Å². The van der Waals surface area contributed by atoms with Crippen molar-refractivity contribution in [1.82, 2.24) is 19.9 Å². The molecule has 164 valence electrons. The fraction of sp³-hybridized carbons (Fsp3) is 0.227. The first-order chi connectivity index (χ1) is 15.2. The van der Waals surface area contributed by atoms with Crippen molar-refractivity contribution in [2.75, 3.05) is 5.32 Å². The summed E-state index contributed by atoms with van der Waals surface area (Å²) in [5.41, 5.74) is 3.16. The quantitative estimate of drug-likeness (QED) is 0.578. The minimum absolute atomic E-state index is 0.223. The molecule has 3 aromatic rings. The summed E-state index contributed by atoms with van der Waals surface area (Å²) < 4.78 is 43.7. The predicted molar refractivity (Wildman–Crippen MR) is 112 cm³/mol. The van der Waals surface area contributed by atoms with Crippen LogP contribution in [-0.2, 0) is 4.79 Å². The minimum atomic E-state index is -4.79. The van der Waals surface area contributed by atoms with Gasteiger partial charge < -0.3 is 15.4 Å². The van der Waals surface area contributed by atoms with Crippen molar-refractivity contribution >= 4 is 23.4 Å². The zero-order valence-corrected chi connectivity index (χ0v) is 16.7. The van der Waals surface area contributed by atoms with Crippen molar-refractivity contribution in [3.63, 3.8) is 0 Å². The van der Waals surface area contributed by atoms with Gasteiger partial charge in [0.25, 0.3) is 5.91 Å². The second kappa shape index (κ2) is 7.40. The standard InChI is InChI=1S/C22H18F3N5O2/c1-12-7-14(21(31)27-12)8-15-11-26-30-19(28-16-5-6-16)10-18(29-20(15)30)13-3-2-4-17(9-13)32-22(23,24)25/h2-4,8-11,16,28H,1,5-7H2,(H,27,31)/b14-8+. The lowest BCUT2D eigenvalue weighted by Crippen LogP contribution is -2.17. The summed E-state index contributed by atoms with van der Waals surface area (Å²) in [6.45, 7) is 3.78. The van der Waals surface area contributed by atoms with Crippen molar-refractivity contribution in [3.05, 3.63) is 59.9 Å². The van der Waals surface area contributed by atoms with E-state index in [9.17, 15) is 18.0 Å². The molecule has 1 saturated heterocycles. The highest BCUT2D eigenvalue weighted by atomic mass is 19.4. The lowest BCUT2D eigenvalue weighted by atomic mass is 10.1. The summed E-state index contributed by atoms with van der Waals surface area (Å²) >= 11 is 0. The Morgan fingerprint density at radius 2 is 2.09 bits per heavy atom. The number of benzene rings is 1.